The van der Waals surface area contributed by atoms with Crippen LogP contribution in [0.1, 0.15) is 23.1 Å². The van der Waals surface area contributed by atoms with Gasteiger partial charge in [0.25, 0.3) is 0 Å². The highest BCUT2D eigenvalue weighted by atomic mass is 35.5. The summed E-state index contributed by atoms with van der Waals surface area (Å²) < 4.78 is 0. The Morgan fingerprint density at radius 2 is 1.96 bits per heavy atom. The number of amides is 1. The Morgan fingerprint density at radius 3 is 2.71 bits per heavy atom. The van der Waals surface area contributed by atoms with Crippen molar-refractivity contribution >= 4 is 47.2 Å². The Balaban J connectivity index is 0.00000208. The van der Waals surface area contributed by atoms with Gasteiger partial charge in [-0.25, -0.2) is 0 Å². The van der Waals surface area contributed by atoms with Crippen LogP contribution < -0.4 is 5.73 Å². The number of nitrogens with zero attached hydrogens (tertiary/aromatic N) is 1. The number of rotatable bonds is 3. The Bertz CT molecular complexity index is 749. The number of fused-ring (bicyclic) bond motifs is 1. The summed E-state index contributed by atoms with van der Waals surface area (Å²) in [5.74, 6) is 0.130. The van der Waals surface area contributed by atoms with Crippen LogP contribution in [0, 0.1) is 0 Å². The Hall–Kier alpha value is -1.42. The average Bonchev–Trinajstić information content (AvgIpc) is 2.53. The molecule has 2 aromatic rings. The van der Waals surface area contributed by atoms with Crippen LogP contribution in [0.3, 0.4) is 0 Å². The molecule has 0 spiro atoms. The molecule has 3 rings (SSSR count). The largest absolute Gasteiger partial charge is 0.399 e. The number of carbonyl (C=O) groups excluding carboxylic acids is 1. The standard InChI is InChI=1S/C18H18Cl2N2O.ClH/c19-14-9-13-7-8-22(11-15(13)16(20)10-14)18(23)6-5-12-3-1-2-4-17(12)21;/h1-4,9-10H,5-8,11,21H2;1H. The molecule has 0 atom stereocenters. The third-order valence-corrected chi connectivity index (χ3v) is 4.82. The third kappa shape index (κ3) is 4.15. The first-order valence-corrected chi connectivity index (χ1v) is 8.38. The summed E-state index contributed by atoms with van der Waals surface area (Å²) in [6.45, 7) is 1.25. The van der Waals surface area contributed by atoms with Crippen molar-refractivity contribution in [3.63, 3.8) is 0 Å². The lowest BCUT2D eigenvalue weighted by Crippen LogP contribution is -2.36. The normalized spacial score (nSPS) is 13.2. The zero-order chi connectivity index (χ0) is 16.4. The molecule has 0 aromatic heterocycles. The van der Waals surface area contributed by atoms with Gasteiger partial charge in [0.05, 0.1) is 0 Å². The van der Waals surface area contributed by atoms with Crippen molar-refractivity contribution in [3.8, 4) is 0 Å². The van der Waals surface area contributed by atoms with Gasteiger partial charge in [-0.3, -0.25) is 4.79 Å². The van der Waals surface area contributed by atoms with Crippen molar-refractivity contribution in [1.29, 1.82) is 0 Å². The van der Waals surface area contributed by atoms with Gasteiger partial charge in [0.1, 0.15) is 0 Å². The zero-order valence-corrected chi connectivity index (χ0v) is 15.4. The molecule has 0 saturated heterocycles. The summed E-state index contributed by atoms with van der Waals surface area (Å²) in [6, 6.07) is 11.3. The van der Waals surface area contributed by atoms with E-state index in [0.29, 0.717) is 36.0 Å². The second-order valence-electron chi connectivity index (χ2n) is 5.79. The van der Waals surface area contributed by atoms with Crippen molar-refractivity contribution in [2.45, 2.75) is 25.8 Å². The number of anilines is 1. The third-order valence-electron chi connectivity index (χ3n) is 4.27. The molecule has 1 aliphatic heterocycles. The lowest BCUT2D eigenvalue weighted by atomic mass is 9.99. The first kappa shape index (κ1) is 18.9. The minimum absolute atomic E-state index is 0. The minimum Gasteiger partial charge on any atom is -0.399 e. The lowest BCUT2D eigenvalue weighted by molar-refractivity contribution is -0.132. The number of aryl methyl sites for hydroxylation is 1. The molecule has 0 unspecified atom stereocenters. The second kappa shape index (κ2) is 8.11. The van der Waals surface area contributed by atoms with Gasteiger partial charge in [0.2, 0.25) is 5.91 Å². The van der Waals surface area contributed by atoms with Crippen LogP contribution in [0.4, 0.5) is 5.69 Å². The molecule has 3 nitrogen and oxygen atoms in total. The SMILES string of the molecule is Cl.Nc1ccccc1CCC(=O)N1CCc2cc(Cl)cc(Cl)c2C1. The molecule has 0 radical (unpaired) electrons. The fourth-order valence-electron chi connectivity index (χ4n) is 2.96. The number of benzene rings is 2. The van der Waals surface area contributed by atoms with Gasteiger partial charge in [-0.1, -0.05) is 41.4 Å². The number of hydrogen-bond acceptors (Lipinski definition) is 2. The number of nitrogens with two attached hydrogens (primary N) is 1. The molecule has 128 valence electrons. The van der Waals surface area contributed by atoms with E-state index in [0.717, 1.165) is 28.8 Å². The highest BCUT2D eigenvalue weighted by molar-refractivity contribution is 6.35. The van der Waals surface area contributed by atoms with E-state index in [-0.39, 0.29) is 18.3 Å². The summed E-state index contributed by atoms with van der Waals surface area (Å²) in [7, 11) is 0. The van der Waals surface area contributed by atoms with Crippen LogP contribution in [0.5, 0.6) is 0 Å². The lowest BCUT2D eigenvalue weighted by Gasteiger charge is -2.30. The molecule has 0 saturated carbocycles. The average molecular weight is 386 g/mol. The van der Waals surface area contributed by atoms with E-state index in [2.05, 4.69) is 0 Å². The maximum absolute atomic E-state index is 12.5. The molecular formula is C18H19Cl3N2O. The van der Waals surface area contributed by atoms with E-state index in [1.54, 1.807) is 6.07 Å². The molecule has 1 aliphatic rings. The minimum atomic E-state index is 0. The van der Waals surface area contributed by atoms with Crippen molar-refractivity contribution < 1.29 is 4.79 Å². The van der Waals surface area contributed by atoms with E-state index in [9.17, 15) is 4.79 Å². The second-order valence-corrected chi connectivity index (χ2v) is 6.63. The predicted molar refractivity (Wildman–Crippen MR) is 102 cm³/mol. The number of hydrogen-bond donors (Lipinski definition) is 1. The maximum atomic E-state index is 12.5. The van der Waals surface area contributed by atoms with E-state index < -0.39 is 0 Å². The topological polar surface area (TPSA) is 46.3 Å². The van der Waals surface area contributed by atoms with E-state index in [1.165, 1.54) is 0 Å². The Labute approximate surface area is 158 Å². The molecule has 0 bridgehead atoms. The van der Waals surface area contributed by atoms with Gasteiger partial charge in [0.15, 0.2) is 0 Å². The van der Waals surface area contributed by atoms with Gasteiger partial charge in [-0.2, -0.15) is 0 Å². The fraction of sp³-hybridized carbons (Fsp3) is 0.278. The van der Waals surface area contributed by atoms with E-state index in [1.807, 2.05) is 35.2 Å². The van der Waals surface area contributed by atoms with Gasteiger partial charge in [0, 0.05) is 35.2 Å². The molecule has 24 heavy (non-hydrogen) atoms. The van der Waals surface area contributed by atoms with Crippen LogP contribution in [-0.4, -0.2) is 17.4 Å². The van der Waals surface area contributed by atoms with Crippen LogP contribution in [0.2, 0.25) is 10.0 Å². The highest BCUT2D eigenvalue weighted by Gasteiger charge is 2.22. The molecular weight excluding hydrogens is 367 g/mol. The van der Waals surface area contributed by atoms with Gasteiger partial charge < -0.3 is 10.6 Å². The van der Waals surface area contributed by atoms with Crippen LogP contribution >= 0.6 is 35.6 Å². The monoisotopic (exact) mass is 384 g/mol. The molecule has 2 aromatic carbocycles. The smallest absolute Gasteiger partial charge is 0.223 e. The van der Waals surface area contributed by atoms with Crippen LogP contribution in [0.15, 0.2) is 36.4 Å². The highest BCUT2D eigenvalue weighted by Crippen LogP contribution is 2.30. The summed E-state index contributed by atoms with van der Waals surface area (Å²) >= 11 is 12.3. The van der Waals surface area contributed by atoms with Crippen LogP contribution in [0.25, 0.3) is 0 Å². The Morgan fingerprint density at radius 1 is 1.21 bits per heavy atom. The number of carbonyl (C=O) groups is 1. The Kier molecular flexibility index (Phi) is 6.39. The first-order chi connectivity index (χ1) is 11.0. The number of halogens is 3. The van der Waals surface area contributed by atoms with Crippen molar-refractivity contribution in [3.05, 3.63) is 63.1 Å². The number of nitrogen functional groups attached to an aromatic ring is 1. The molecule has 0 aliphatic carbocycles. The predicted octanol–water partition coefficient (Wildman–Crippen LogP) is 4.51. The summed E-state index contributed by atoms with van der Waals surface area (Å²) in [6.07, 6.45) is 1.90. The summed E-state index contributed by atoms with van der Waals surface area (Å²) in [5, 5.41) is 1.28. The molecule has 2 N–H and O–H groups in total. The van der Waals surface area contributed by atoms with Gasteiger partial charge in [-0.15, -0.1) is 12.4 Å². The molecule has 1 heterocycles. The van der Waals surface area contributed by atoms with E-state index >= 15 is 0 Å². The molecule has 6 heteroatoms. The molecule has 1 amide bonds. The summed E-state index contributed by atoms with van der Waals surface area (Å²) in [4.78, 5) is 14.3. The first-order valence-electron chi connectivity index (χ1n) is 7.62. The van der Waals surface area contributed by atoms with Crippen molar-refractivity contribution in [1.82, 2.24) is 4.90 Å². The van der Waals surface area contributed by atoms with Crippen molar-refractivity contribution in [2.75, 3.05) is 12.3 Å². The molecule has 0 fully saturated rings. The van der Waals surface area contributed by atoms with Crippen molar-refractivity contribution in [2.24, 2.45) is 0 Å². The van der Waals surface area contributed by atoms with Crippen LogP contribution in [-0.2, 0) is 24.2 Å². The quantitative estimate of drug-likeness (QED) is 0.790. The van der Waals surface area contributed by atoms with Gasteiger partial charge >= 0.3 is 0 Å². The summed E-state index contributed by atoms with van der Waals surface area (Å²) in [5.41, 5.74) is 9.83. The van der Waals surface area contributed by atoms with Gasteiger partial charge in [-0.05, 0) is 47.7 Å². The fourth-order valence-corrected chi connectivity index (χ4v) is 3.55. The maximum Gasteiger partial charge on any atom is 0.223 e. The van der Waals surface area contributed by atoms with E-state index in [4.69, 9.17) is 28.9 Å². The number of para-hydroxylation sites is 1. The zero-order valence-electron chi connectivity index (χ0n) is 13.1.